The zero-order valence-electron chi connectivity index (χ0n) is 15.5. The molecule has 1 saturated heterocycles. The Morgan fingerprint density at radius 2 is 2.18 bits per heavy atom. The molecular weight excluding hydrogens is 376 g/mol. The largest absolute Gasteiger partial charge is 0.346 e. The summed E-state index contributed by atoms with van der Waals surface area (Å²) >= 11 is 0. The van der Waals surface area contributed by atoms with Crippen LogP contribution in [0.25, 0.3) is 32.8 Å². The highest BCUT2D eigenvalue weighted by Crippen LogP contribution is 2.38. The number of pyridine rings is 1. The number of nitrogens with one attached hydrogen (secondary N) is 1. The van der Waals surface area contributed by atoms with Gasteiger partial charge in [-0.25, -0.2) is 18.5 Å². The minimum atomic E-state index is -1.08. The number of nitriles is 1. The number of imidazole rings is 1. The average Bonchev–Trinajstić information content (AvgIpc) is 3.24. The Bertz CT molecular complexity index is 1360. The molecule has 1 unspecified atom stereocenters. The Morgan fingerprint density at radius 1 is 1.39 bits per heavy atom. The van der Waals surface area contributed by atoms with E-state index in [1.54, 1.807) is 12.4 Å². The summed E-state index contributed by atoms with van der Waals surface area (Å²) < 4.78 is 16.0. The van der Waals surface area contributed by atoms with Gasteiger partial charge in [0.2, 0.25) is 5.43 Å². The van der Waals surface area contributed by atoms with Crippen molar-refractivity contribution in [3.8, 4) is 6.07 Å². The molecule has 0 saturated carbocycles. The standard InChI is InChI=1S/C19H18N6O2S/c1-3-28(27)24-9-19(10-24,5-6-20)25-11(2)23-15-12-4-7-21-18-14(12)13(8-22-18)17(26)16(15)25/h4,7-8H,3,5,9-10H2,1-2H3,(H,21,22). The van der Waals surface area contributed by atoms with Crippen molar-refractivity contribution in [3.05, 3.63) is 34.5 Å². The molecule has 0 aliphatic carbocycles. The number of benzene rings is 1. The SMILES string of the molecule is CCS(=O)N1CC(CC#N)(n2c(C)nc3c4cc[nH]c5ncc(c(=O)c32)c54)C1. The third kappa shape index (κ3) is 2.07. The molecular formula is C19H18N6O2S. The Kier molecular flexibility index (Phi) is 3.60. The van der Waals surface area contributed by atoms with Gasteiger partial charge in [0.15, 0.2) is 0 Å². The number of rotatable bonds is 4. The fourth-order valence-corrected chi connectivity index (χ4v) is 5.61. The van der Waals surface area contributed by atoms with Crippen molar-refractivity contribution in [2.45, 2.75) is 25.8 Å². The van der Waals surface area contributed by atoms with Crippen LogP contribution < -0.4 is 5.43 Å². The fourth-order valence-electron chi connectivity index (χ4n) is 4.48. The van der Waals surface area contributed by atoms with Gasteiger partial charge in [0, 0.05) is 42.0 Å². The maximum Gasteiger partial charge on any atom is 0.214 e. The lowest BCUT2D eigenvalue weighted by molar-refractivity contribution is 0.0916. The molecule has 1 fully saturated rings. The summed E-state index contributed by atoms with van der Waals surface area (Å²) in [4.78, 5) is 25.5. The zero-order chi connectivity index (χ0) is 19.6. The minimum absolute atomic E-state index is 0.127. The van der Waals surface area contributed by atoms with Crippen LogP contribution in [0, 0.1) is 18.3 Å². The van der Waals surface area contributed by atoms with Crippen LogP contribution in [0.1, 0.15) is 19.2 Å². The first-order valence-electron chi connectivity index (χ1n) is 9.12. The van der Waals surface area contributed by atoms with Crippen LogP contribution >= 0.6 is 0 Å². The lowest BCUT2D eigenvalue weighted by Gasteiger charge is -2.49. The lowest BCUT2D eigenvalue weighted by Crippen LogP contribution is -2.63. The van der Waals surface area contributed by atoms with Crippen LogP contribution in [0.3, 0.4) is 0 Å². The number of nitrogens with zero attached hydrogens (tertiary/aromatic N) is 5. The Balaban J connectivity index is 1.82. The molecule has 0 radical (unpaired) electrons. The van der Waals surface area contributed by atoms with E-state index in [0.717, 1.165) is 10.8 Å². The Labute approximate surface area is 162 Å². The number of aromatic nitrogens is 4. The van der Waals surface area contributed by atoms with Crippen LogP contribution in [0.2, 0.25) is 0 Å². The molecule has 1 N–H and O–H groups in total. The van der Waals surface area contributed by atoms with E-state index in [9.17, 15) is 14.3 Å². The van der Waals surface area contributed by atoms with Crippen molar-refractivity contribution in [2.24, 2.45) is 0 Å². The highest BCUT2D eigenvalue weighted by molar-refractivity contribution is 7.82. The maximum absolute atomic E-state index is 13.4. The highest BCUT2D eigenvalue weighted by atomic mass is 32.2. The second-order valence-corrected chi connectivity index (χ2v) is 9.01. The normalized spacial score (nSPS) is 17.9. The van der Waals surface area contributed by atoms with Crippen molar-refractivity contribution < 1.29 is 4.21 Å². The summed E-state index contributed by atoms with van der Waals surface area (Å²) in [5, 5.41) is 11.7. The Morgan fingerprint density at radius 3 is 2.89 bits per heavy atom. The van der Waals surface area contributed by atoms with Gasteiger partial charge < -0.3 is 9.55 Å². The summed E-state index contributed by atoms with van der Waals surface area (Å²) in [6.45, 7) is 4.65. The Hall–Kier alpha value is -2.83. The molecule has 0 amide bonds. The second-order valence-electron chi connectivity index (χ2n) is 7.28. The molecule has 1 aromatic carbocycles. The van der Waals surface area contributed by atoms with Crippen LogP contribution in [0.15, 0.2) is 23.3 Å². The zero-order valence-corrected chi connectivity index (χ0v) is 16.3. The minimum Gasteiger partial charge on any atom is -0.346 e. The van der Waals surface area contributed by atoms with Gasteiger partial charge in [0.25, 0.3) is 0 Å². The van der Waals surface area contributed by atoms with Crippen LogP contribution in [-0.4, -0.2) is 46.9 Å². The van der Waals surface area contributed by atoms with Crippen molar-refractivity contribution in [2.75, 3.05) is 18.8 Å². The summed E-state index contributed by atoms with van der Waals surface area (Å²) in [5.41, 5.74) is 1.07. The molecule has 0 bridgehead atoms. The summed E-state index contributed by atoms with van der Waals surface area (Å²) in [7, 11) is -1.08. The number of hydrogen-bond donors (Lipinski definition) is 1. The van der Waals surface area contributed by atoms with Gasteiger partial charge in [0.05, 0.1) is 34.4 Å². The molecule has 1 atom stereocenters. The third-order valence-corrected chi connectivity index (χ3v) is 7.02. The number of H-pyrrole nitrogens is 1. The van der Waals surface area contributed by atoms with E-state index < -0.39 is 16.5 Å². The predicted molar refractivity (Wildman–Crippen MR) is 108 cm³/mol. The molecule has 142 valence electrons. The van der Waals surface area contributed by atoms with E-state index in [1.165, 1.54) is 0 Å². The van der Waals surface area contributed by atoms with Gasteiger partial charge in [-0.2, -0.15) is 5.26 Å². The van der Waals surface area contributed by atoms with Gasteiger partial charge in [0.1, 0.15) is 22.5 Å². The average molecular weight is 394 g/mol. The smallest absolute Gasteiger partial charge is 0.214 e. The van der Waals surface area contributed by atoms with E-state index in [1.807, 2.05) is 28.8 Å². The molecule has 5 rings (SSSR count). The lowest BCUT2D eigenvalue weighted by atomic mass is 9.88. The summed E-state index contributed by atoms with van der Waals surface area (Å²) in [6.07, 6.45) is 3.62. The van der Waals surface area contributed by atoms with Crippen LogP contribution in [0.4, 0.5) is 0 Å². The monoisotopic (exact) mass is 394 g/mol. The number of fused-ring (bicyclic) bond motifs is 2. The van der Waals surface area contributed by atoms with Gasteiger partial charge in [-0.1, -0.05) is 6.92 Å². The quantitative estimate of drug-likeness (QED) is 0.568. The van der Waals surface area contributed by atoms with Crippen molar-refractivity contribution in [1.29, 1.82) is 5.26 Å². The van der Waals surface area contributed by atoms with Crippen molar-refractivity contribution in [1.82, 2.24) is 23.8 Å². The summed E-state index contributed by atoms with van der Waals surface area (Å²) in [6, 6.07) is 4.16. The molecule has 28 heavy (non-hydrogen) atoms. The molecule has 4 heterocycles. The van der Waals surface area contributed by atoms with E-state index in [-0.39, 0.29) is 11.8 Å². The molecule has 1 aliphatic heterocycles. The predicted octanol–water partition coefficient (Wildman–Crippen LogP) is 1.78. The van der Waals surface area contributed by atoms with Crippen molar-refractivity contribution >= 4 is 43.8 Å². The van der Waals surface area contributed by atoms with E-state index in [2.05, 4.69) is 16.0 Å². The fraction of sp³-hybridized carbons (Fsp3) is 0.368. The van der Waals surface area contributed by atoms with Gasteiger partial charge in [-0.3, -0.25) is 4.79 Å². The summed E-state index contributed by atoms with van der Waals surface area (Å²) in [5.74, 6) is 1.22. The molecule has 4 aromatic rings. The first-order valence-corrected chi connectivity index (χ1v) is 10.4. The second kappa shape index (κ2) is 5.83. The topological polar surface area (TPSA) is 108 Å². The van der Waals surface area contributed by atoms with Crippen LogP contribution in [-0.2, 0) is 16.5 Å². The highest BCUT2D eigenvalue weighted by Gasteiger charge is 2.48. The number of aryl methyl sites for hydroxylation is 1. The molecule has 0 spiro atoms. The molecule has 1 aliphatic rings. The van der Waals surface area contributed by atoms with E-state index in [0.29, 0.717) is 46.7 Å². The van der Waals surface area contributed by atoms with E-state index >= 15 is 0 Å². The molecule has 9 heteroatoms. The van der Waals surface area contributed by atoms with Crippen LogP contribution in [0.5, 0.6) is 0 Å². The molecule has 3 aromatic heterocycles. The van der Waals surface area contributed by atoms with Gasteiger partial charge in [-0.05, 0) is 13.0 Å². The van der Waals surface area contributed by atoms with Crippen molar-refractivity contribution in [3.63, 3.8) is 0 Å². The maximum atomic E-state index is 13.4. The number of aromatic amines is 1. The third-order valence-electron chi connectivity index (χ3n) is 5.69. The number of hydrogen-bond acceptors (Lipinski definition) is 5. The first kappa shape index (κ1) is 17.3. The molecule has 8 nitrogen and oxygen atoms in total. The first-order chi connectivity index (χ1) is 13.5. The van der Waals surface area contributed by atoms with E-state index in [4.69, 9.17) is 4.98 Å². The van der Waals surface area contributed by atoms with Gasteiger partial charge >= 0.3 is 0 Å². The van der Waals surface area contributed by atoms with Gasteiger partial charge in [-0.15, -0.1) is 0 Å².